The van der Waals surface area contributed by atoms with Gasteiger partial charge >= 0.3 is 6.03 Å². The van der Waals surface area contributed by atoms with Gasteiger partial charge in [-0.2, -0.15) is 4.98 Å². The van der Waals surface area contributed by atoms with Crippen molar-refractivity contribution < 1.29 is 14.1 Å². The molecular formula is C26H31N5O3. The fraction of sp³-hybridized carbons (Fsp3) is 0.385. The van der Waals surface area contributed by atoms with Gasteiger partial charge in [0, 0.05) is 29.9 Å². The largest absolute Gasteiger partial charge is 0.334 e. The van der Waals surface area contributed by atoms with E-state index in [0.29, 0.717) is 34.2 Å². The fourth-order valence-electron chi connectivity index (χ4n) is 3.82. The molecule has 2 heterocycles. The molecule has 0 radical (unpaired) electrons. The van der Waals surface area contributed by atoms with Crippen LogP contribution in [0, 0.1) is 0 Å². The van der Waals surface area contributed by atoms with Gasteiger partial charge in [0.25, 0.3) is 11.8 Å². The van der Waals surface area contributed by atoms with Gasteiger partial charge in [-0.1, -0.05) is 50.9 Å². The average Bonchev–Trinajstić information content (AvgIpc) is 3.17. The van der Waals surface area contributed by atoms with Crippen molar-refractivity contribution in [2.24, 2.45) is 0 Å². The molecule has 4 rings (SSSR count). The molecule has 1 fully saturated rings. The van der Waals surface area contributed by atoms with Crippen molar-refractivity contribution in [3.05, 3.63) is 59.9 Å². The van der Waals surface area contributed by atoms with Crippen LogP contribution in [0.4, 0.5) is 16.2 Å². The number of amides is 3. The summed E-state index contributed by atoms with van der Waals surface area (Å²) in [6.07, 6.45) is 4.43. The molecule has 178 valence electrons. The van der Waals surface area contributed by atoms with Crippen molar-refractivity contribution in [1.82, 2.24) is 15.0 Å². The van der Waals surface area contributed by atoms with Crippen LogP contribution in [-0.2, 0) is 5.41 Å². The molecular weight excluding hydrogens is 430 g/mol. The van der Waals surface area contributed by atoms with E-state index >= 15 is 0 Å². The number of hydrogen-bond donors (Lipinski definition) is 2. The Morgan fingerprint density at radius 1 is 0.882 bits per heavy atom. The highest BCUT2D eigenvalue weighted by Crippen LogP contribution is 2.27. The van der Waals surface area contributed by atoms with E-state index in [-0.39, 0.29) is 17.4 Å². The van der Waals surface area contributed by atoms with Gasteiger partial charge in [-0.15, -0.1) is 0 Å². The van der Waals surface area contributed by atoms with Gasteiger partial charge in [0.2, 0.25) is 0 Å². The van der Waals surface area contributed by atoms with Crippen molar-refractivity contribution in [3.8, 4) is 11.5 Å². The zero-order valence-corrected chi connectivity index (χ0v) is 19.9. The minimum Gasteiger partial charge on any atom is -0.334 e. The second-order valence-electron chi connectivity index (χ2n) is 9.58. The molecule has 1 saturated heterocycles. The predicted molar refractivity (Wildman–Crippen MR) is 132 cm³/mol. The molecule has 2 N–H and O–H groups in total. The summed E-state index contributed by atoms with van der Waals surface area (Å²) in [6, 6.07) is 14.1. The standard InChI is InChI=1S/C26H31N5O3/c1-26(2,3)24-29-23(34-30-24)21-11-7-6-10-20(21)22(32)27-18-12-14-19(15-13-18)28-25(33)31-16-8-4-5-9-17-31/h6-7,10-15H,4-5,8-9,16-17H2,1-3H3,(H,27,32)(H,28,33). The first-order chi connectivity index (χ1) is 16.3. The lowest BCUT2D eigenvalue weighted by molar-refractivity contribution is 0.102. The lowest BCUT2D eigenvalue weighted by atomic mass is 9.96. The summed E-state index contributed by atoms with van der Waals surface area (Å²) >= 11 is 0. The Morgan fingerprint density at radius 2 is 1.50 bits per heavy atom. The molecule has 3 amide bonds. The predicted octanol–water partition coefficient (Wildman–Crippen LogP) is 5.69. The normalized spacial score (nSPS) is 14.4. The summed E-state index contributed by atoms with van der Waals surface area (Å²) < 4.78 is 5.44. The van der Waals surface area contributed by atoms with Crippen LogP contribution in [0.1, 0.15) is 62.6 Å². The number of carbonyl (C=O) groups excluding carboxylic acids is 2. The minimum absolute atomic E-state index is 0.0817. The first kappa shape index (κ1) is 23.5. The fourth-order valence-corrected chi connectivity index (χ4v) is 3.82. The van der Waals surface area contributed by atoms with Crippen LogP contribution in [0.15, 0.2) is 53.1 Å². The topological polar surface area (TPSA) is 100 Å². The summed E-state index contributed by atoms with van der Waals surface area (Å²) in [5.41, 5.74) is 2.06. The number of rotatable bonds is 4. The molecule has 0 saturated carbocycles. The Hall–Kier alpha value is -3.68. The molecule has 0 unspecified atom stereocenters. The van der Waals surface area contributed by atoms with Crippen molar-refractivity contribution in [2.45, 2.75) is 51.9 Å². The SMILES string of the molecule is CC(C)(C)c1noc(-c2ccccc2C(=O)Nc2ccc(NC(=O)N3CCCCCC3)cc2)n1. The smallest absolute Gasteiger partial charge is 0.321 e. The summed E-state index contributed by atoms with van der Waals surface area (Å²) in [5.74, 6) is 0.602. The van der Waals surface area contributed by atoms with Crippen LogP contribution in [0.2, 0.25) is 0 Å². The molecule has 0 bridgehead atoms. The number of anilines is 2. The second-order valence-corrected chi connectivity index (χ2v) is 9.58. The summed E-state index contributed by atoms with van der Waals surface area (Å²) in [5, 5.41) is 9.91. The van der Waals surface area contributed by atoms with E-state index in [2.05, 4.69) is 20.8 Å². The highest BCUT2D eigenvalue weighted by molar-refractivity contribution is 6.08. The number of likely N-dealkylation sites (tertiary alicyclic amines) is 1. The number of benzene rings is 2. The molecule has 1 aliphatic heterocycles. The zero-order valence-electron chi connectivity index (χ0n) is 19.9. The maximum Gasteiger partial charge on any atom is 0.321 e. The number of nitrogens with zero attached hydrogens (tertiary/aromatic N) is 3. The molecule has 8 nitrogen and oxygen atoms in total. The highest BCUT2D eigenvalue weighted by Gasteiger charge is 2.24. The van der Waals surface area contributed by atoms with Crippen molar-refractivity contribution in [3.63, 3.8) is 0 Å². The van der Waals surface area contributed by atoms with Crippen molar-refractivity contribution >= 4 is 23.3 Å². The maximum absolute atomic E-state index is 13.0. The monoisotopic (exact) mass is 461 g/mol. The zero-order chi connectivity index (χ0) is 24.1. The van der Waals surface area contributed by atoms with E-state index in [9.17, 15) is 9.59 Å². The van der Waals surface area contributed by atoms with Crippen LogP contribution in [0.3, 0.4) is 0 Å². The summed E-state index contributed by atoms with van der Waals surface area (Å²) in [4.78, 5) is 31.9. The minimum atomic E-state index is -0.285. The second kappa shape index (κ2) is 10.1. The lowest BCUT2D eigenvalue weighted by Gasteiger charge is -2.20. The van der Waals surface area contributed by atoms with Gasteiger partial charge < -0.3 is 20.1 Å². The Morgan fingerprint density at radius 3 is 2.12 bits per heavy atom. The van der Waals surface area contributed by atoms with Gasteiger partial charge in [0.05, 0.1) is 11.1 Å². The average molecular weight is 462 g/mol. The third-order valence-electron chi connectivity index (χ3n) is 5.79. The Labute approximate surface area is 199 Å². The van der Waals surface area contributed by atoms with Crippen LogP contribution < -0.4 is 10.6 Å². The van der Waals surface area contributed by atoms with Gasteiger partial charge in [-0.05, 0) is 49.2 Å². The van der Waals surface area contributed by atoms with E-state index in [0.717, 1.165) is 25.9 Å². The summed E-state index contributed by atoms with van der Waals surface area (Å²) in [6.45, 7) is 7.58. The number of carbonyl (C=O) groups is 2. The molecule has 1 aliphatic rings. The number of aromatic nitrogens is 2. The quantitative estimate of drug-likeness (QED) is 0.519. The van der Waals surface area contributed by atoms with Crippen molar-refractivity contribution in [2.75, 3.05) is 23.7 Å². The molecule has 2 aromatic carbocycles. The molecule has 8 heteroatoms. The van der Waals surface area contributed by atoms with Gasteiger partial charge in [-0.3, -0.25) is 4.79 Å². The Balaban J connectivity index is 1.43. The van der Waals surface area contributed by atoms with E-state index in [1.807, 2.05) is 31.7 Å². The number of nitrogens with one attached hydrogen (secondary N) is 2. The number of hydrogen-bond acceptors (Lipinski definition) is 5. The van der Waals surface area contributed by atoms with Crippen LogP contribution >= 0.6 is 0 Å². The molecule has 0 atom stereocenters. The third kappa shape index (κ3) is 5.62. The van der Waals surface area contributed by atoms with Gasteiger partial charge in [0.15, 0.2) is 5.82 Å². The molecule has 0 aliphatic carbocycles. The Bertz CT molecular complexity index is 1140. The van der Waals surface area contributed by atoms with Crippen LogP contribution in [0.5, 0.6) is 0 Å². The highest BCUT2D eigenvalue weighted by atomic mass is 16.5. The van der Waals surface area contributed by atoms with E-state index < -0.39 is 0 Å². The molecule has 3 aromatic rings. The first-order valence-corrected chi connectivity index (χ1v) is 11.7. The molecule has 0 spiro atoms. The van der Waals surface area contributed by atoms with Crippen molar-refractivity contribution in [1.29, 1.82) is 0 Å². The molecule has 1 aromatic heterocycles. The maximum atomic E-state index is 13.0. The Kier molecular flexibility index (Phi) is 6.95. The van der Waals surface area contributed by atoms with Crippen LogP contribution in [-0.4, -0.2) is 40.1 Å². The third-order valence-corrected chi connectivity index (χ3v) is 5.79. The van der Waals surface area contributed by atoms with E-state index in [4.69, 9.17) is 4.52 Å². The first-order valence-electron chi connectivity index (χ1n) is 11.7. The van der Waals surface area contributed by atoms with Gasteiger partial charge in [-0.25, -0.2) is 4.79 Å². The summed E-state index contributed by atoms with van der Waals surface area (Å²) in [7, 11) is 0. The molecule has 34 heavy (non-hydrogen) atoms. The van der Waals surface area contributed by atoms with Gasteiger partial charge in [0.1, 0.15) is 0 Å². The van der Waals surface area contributed by atoms with Crippen LogP contribution in [0.25, 0.3) is 11.5 Å². The lowest BCUT2D eigenvalue weighted by Crippen LogP contribution is -2.35. The number of urea groups is 1. The van der Waals surface area contributed by atoms with E-state index in [1.54, 1.807) is 42.5 Å². The van der Waals surface area contributed by atoms with E-state index in [1.165, 1.54) is 12.8 Å².